The van der Waals surface area contributed by atoms with Gasteiger partial charge in [0.2, 0.25) is 5.91 Å². The molecule has 2 heterocycles. The summed E-state index contributed by atoms with van der Waals surface area (Å²) in [7, 11) is 1.45. The molecule has 2 aromatic carbocycles. The van der Waals surface area contributed by atoms with Crippen LogP contribution in [0.3, 0.4) is 0 Å². The van der Waals surface area contributed by atoms with Crippen molar-refractivity contribution < 1.29 is 23.9 Å². The third-order valence-corrected chi connectivity index (χ3v) is 6.57. The average Bonchev–Trinajstić information content (AvgIpc) is 3.32. The average molecular weight is 508 g/mol. The van der Waals surface area contributed by atoms with Crippen LogP contribution in [-0.4, -0.2) is 47.7 Å². The number of amides is 2. The summed E-state index contributed by atoms with van der Waals surface area (Å²) in [4.78, 5) is 42.3. The maximum absolute atomic E-state index is 12.7. The molecule has 3 aromatic rings. The Labute approximate surface area is 213 Å². The van der Waals surface area contributed by atoms with Crippen LogP contribution in [0.1, 0.15) is 28.8 Å². The molecule has 2 amide bonds. The summed E-state index contributed by atoms with van der Waals surface area (Å²) < 4.78 is 11.3. The molecule has 1 aliphatic heterocycles. The molecule has 1 atom stereocenters. The Hall–Kier alpha value is -3.91. The van der Waals surface area contributed by atoms with Crippen LogP contribution in [-0.2, 0) is 16.0 Å². The molecule has 0 radical (unpaired) electrons. The van der Waals surface area contributed by atoms with E-state index in [2.05, 4.69) is 11.6 Å². The van der Waals surface area contributed by atoms with E-state index in [-0.39, 0.29) is 29.6 Å². The summed E-state index contributed by atoms with van der Waals surface area (Å²) in [5.74, 6) is 0.741. The predicted molar refractivity (Wildman–Crippen MR) is 137 cm³/mol. The van der Waals surface area contributed by atoms with Crippen molar-refractivity contribution in [2.24, 2.45) is 11.7 Å². The second kappa shape index (κ2) is 10.8. The minimum atomic E-state index is -0.627. The number of methoxy groups -OCH3 is 1. The molecule has 2 N–H and O–H groups in total. The number of carbonyl (C=O) groups excluding carboxylic acids is 3. The Balaban J connectivity index is 1.46. The van der Waals surface area contributed by atoms with Crippen LogP contribution < -0.4 is 15.2 Å². The van der Waals surface area contributed by atoms with Crippen molar-refractivity contribution in [3.8, 4) is 17.2 Å². The number of pyridine rings is 1. The molecule has 186 valence electrons. The van der Waals surface area contributed by atoms with Crippen molar-refractivity contribution in [2.45, 2.75) is 19.3 Å². The van der Waals surface area contributed by atoms with Gasteiger partial charge in [-0.15, -0.1) is 0 Å². The number of halogens is 1. The van der Waals surface area contributed by atoms with Crippen molar-refractivity contribution in [3.63, 3.8) is 0 Å². The first-order valence-corrected chi connectivity index (χ1v) is 11.8. The van der Waals surface area contributed by atoms with E-state index in [1.807, 2.05) is 0 Å². The molecule has 9 heteroatoms. The van der Waals surface area contributed by atoms with E-state index in [9.17, 15) is 14.4 Å². The van der Waals surface area contributed by atoms with Crippen molar-refractivity contribution in [2.75, 3.05) is 20.2 Å². The zero-order valence-electron chi connectivity index (χ0n) is 19.8. The summed E-state index contributed by atoms with van der Waals surface area (Å²) in [6.07, 6.45) is 4.28. The quantitative estimate of drug-likeness (QED) is 0.431. The van der Waals surface area contributed by atoms with Gasteiger partial charge in [0, 0.05) is 48.6 Å². The van der Waals surface area contributed by atoms with Gasteiger partial charge in [-0.2, -0.15) is 0 Å². The van der Waals surface area contributed by atoms with E-state index in [0.29, 0.717) is 58.2 Å². The number of primary amides is 1. The number of carbonyl (C=O) groups is 3. The Morgan fingerprint density at radius 3 is 2.72 bits per heavy atom. The second-order valence-electron chi connectivity index (χ2n) is 8.66. The molecule has 8 nitrogen and oxygen atoms in total. The maximum atomic E-state index is 12.7. The first kappa shape index (κ1) is 25.2. The topological polar surface area (TPSA) is 112 Å². The normalized spacial score (nSPS) is 15.1. The summed E-state index contributed by atoms with van der Waals surface area (Å²) >= 11 is 6.48. The van der Waals surface area contributed by atoms with E-state index in [4.69, 9.17) is 26.8 Å². The van der Waals surface area contributed by atoms with Gasteiger partial charge >= 0.3 is 0 Å². The van der Waals surface area contributed by atoms with Crippen molar-refractivity contribution in [1.29, 1.82) is 0 Å². The van der Waals surface area contributed by atoms with Crippen LogP contribution in [0.4, 0.5) is 0 Å². The number of likely N-dealkylation sites (tertiary alicyclic amines) is 1. The highest BCUT2D eigenvalue weighted by Crippen LogP contribution is 2.34. The smallest absolute Gasteiger partial charge is 0.252 e. The predicted octanol–water partition coefficient (Wildman–Crippen LogP) is 4.32. The lowest BCUT2D eigenvalue weighted by Crippen LogP contribution is -2.27. The second-order valence-corrected chi connectivity index (χ2v) is 9.07. The number of nitrogens with two attached hydrogens (primary N) is 1. The van der Waals surface area contributed by atoms with E-state index in [1.165, 1.54) is 13.2 Å². The highest BCUT2D eigenvalue weighted by molar-refractivity contribution is 6.31. The largest absolute Gasteiger partial charge is 0.496 e. The Morgan fingerprint density at radius 1 is 1.22 bits per heavy atom. The van der Waals surface area contributed by atoms with Crippen LogP contribution in [0.2, 0.25) is 5.02 Å². The number of fused-ring (bicyclic) bond motifs is 1. The molecule has 1 aromatic heterocycles. The SMILES string of the molecule is C=CC(=O)N1CCC(CC(=O)Cc2ccc(Oc3ccnc4cc(OC)c(C(N)=O)cc34)cc2Cl)C1. The number of ether oxygens (including phenoxy) is 2. The molecule has 1 fully saturated rings. The van der Waals surface area contributed by atoms with E-state index >= 15 is 0 Å². The molecule has 0 bridgehead atoms. The van der Waals surface area contributed by atoms with E-state index in [0.717, 1.165) is 6.42 Å². The van der Waals surface area contributed by atoms with Crippen LogP contribution in [0.5, 0.6) is 17.2 Å². The summed E-state index contributed by atoms with van der Waals surface area (Å²) in [5, 5.41) is 0.997. The summed E-state index contributed by atoms with van der Waals surface area (Å²) in [6, 6.07) is 10.0. The molecule has 0 spiro atoms. The van der Waals surface area contributed by atoms with Gasteiger partial charge in [0.05, 0.1) is 18.2 Å². The third-order valence-electron chi connectivity index (χ3n) is 6.22. The van der Waals surface area contributed by atoms with Crippen LogP contribution in [0, 0.1) is 5.92 Å². The number of hydrogen-bond acceptors (Lipinski definition) is 6. The minimum absolute atomic E-state index is 0.0662. The number of Topliss-reactive ketones (excluding diaryl/α,β-unsaturated/α-hetero) is 1. The molecule has 1 aliphatic rings. The fourth-order valence-electron chi connectivity index (χ4n) is 4.40. The van der Waals surface area contributed by atoms with Gasteiger partial charge in [-0.25, -0.2) is 0 Å². The van der Waals surface area contributed by atoms with Gasteiger partial charge in [-0.1, -0.05) is 24.2 Å². The van der Waals surface area contributed by atoms with Crippen molar-refractivity contribution in [3.05, 3.63) is 71.4 Å². The zero-order valence-corrected chi connectivity index (χ0v) is 20.6. The van der Waals surface area contributed by atoms with E-state index < -0.39 is 5.91 Å². The monoisotopic (exact) mass is 507 g/mol. The highest BCUT2D eigenvalue weighted by Gasteiger charge is 2.26. The minimum Gasteiger partial charge on any atom is -0.496 e. The third kappa shape index (κ3) is 5.49. The Kier molecular flexibility index (Phi) is 7.55. The van der Waals surface area contributed by atoms with Gasteiger partial charge in [-0.3, -0.25) is 19.4 Å². The first-order valence-electron chi connectivity index (χ1n) is 11.4. The number of nitrogens with zero attached hydrogens (tertiary/aromatic N) is 2. The van der Waals surface area contributed by atoms with Crippen LogP contribution >= 0.6 is 11.6 Å². The van der Waals surface area contributed by atoms with Gasteiger partial charge in [0.1, 0.15) is 23.0 Å². The molecule has 4 rings (SSSR count). The highest BCUT2D eigenvalue weighted by atomic mass is 35.5. The Morgan fingerprint density at radius 2 is 2.03 bits per heavy atom. The lowest BCUT2D eigenvalue weighted by Gasteiger charge is -2.14. The molecule has 36 heavy (non-hydrogen) atoms. The number of ketones is 1. The standard InChI is InChI=1S/C27H26ClN3O5/c1-3-26(33)31-9-7-16(15-31)10-18(32)11-17-4-5-19(12-22(17)28)36-24-6-8-30-23-14-25(35-2)21(27(29)34)13-20(23)24/h3-6,8,12-14,16H,1,7,9-11,15H2,2H3,(H2,29,34). The van der Waals surface area contributed by atoms with Gasteiger partial charge in [0.15, 0.2) is 0 Å². The Bertz CT molecular complexity index is 1360. The molecule has 0 aliphatic carbocycles. The van der Waals surface area contributed by atoms with E-state index in [1.54, 1.807) is 47.5 Å². The van der Waals surface area contributed by atoms with Gasteiger partial charge < -0.3 is 20.1 Å². The number of hydrogen-bond donors (Lipinski definition) is 1. The first-order chi connectivity index (χ1) is 17.3. The van der Waals surface area contributed by atoms with Gasteiger partial charge in [-0.05, 0) is 48.2 Å². The van der Waals surface area contributed by atoms with Crippen molar-refractivity contribution in [1.82, 2.24) is 9.88 Å². The van der Waals surface area contributed by atoms with Crippen LogP contribution in [0.15, 0.2) is 55.3 Å². The number of benzene rings is 2. The maximum Gasteiger partial charge on any atom is 0.252 e. The molecule has 0 saturated carbocycles. The molecular formula is C27H26ClN3O5. The zero-order chi connectivity index (χ0) is 25.8. The van der Waals surface area contributed by atoms with Crippen molar-refractivity contribution >= 4 is 40.1 Å². The fourth-order valence-corrected chi connectivity index (χ4v) is 4.63. The number of rotatable bonds is 9. The fraction of sp³-hybridized carbons (Fsp3) is 0.259. The molecule has 1 saturated heterocycles. The molecule has 1 unspecified atom stereocenters. The van der Waals surface area contributed by atoms with Gasteiger partial charge in [0.25, 0.3) is 5.91 Å². The summed E-state index contributed by atoms with van der Waals surface area (Å²) in [5.41, 5.74) is 6.98. The lowest BCUT2D eigenvalue weighted by molar-refractivity contribution is -0.125. The summed E-state index contributed by atoms with van der Waals surface area (Å²) in [6.45, 7) is 4.73. The number of aromatic nitrogens is 1. The molecular weight excluding hydrogens is 482 g/mol. The van der Waals surface area contributed by atoms with Crippen LogP contribution in [0.25, 0.3) is 10.9 Å². The lowest BCUT2D eigenvalue weighted by atomic mass is 9.97.